The van der Waals surface area contributed by atoms with Gasteiger partial charge in [-0.3, -0.25) is 9.59 Å². The van der Waals surface area contributed by atoms with Gasteiger partial charge in [-0.2, -0.15) is 0 Å². The number of imide groups is 1. The predicted molar refractivity (Wildman–Crippen MR) is 53.0 cm³/mol. The molecule has 0 aromatic carbocycles. The van der Waals surface area contributed by atoms with E-state index in [-0.39, 0.29) is 19.3 Å². The number of esters is 1. The van der Waals surface area contributed by atoms with Gasteiger partial charge in [0.15, 0.2) is 0 Å². The van der Waals surface area contributed by atoms with Crippen LogP contribution in [0.3, 0.4) is 0 Å². The van der Waals surface area contributed by atoms with E-state index in [1.165, 1.54) is 0 Å². The van der Waals surface area contributed by atoms with Crippen LogP contribution >= 0.6 is 0 Å². The smallest absolute Gasteiger partial charge is 0.416 e. The molecular formula is C9H13NO7. The largest absolute Gasteiger partial charge is 0.481 e. The lowest BCUT2D eigenvalue weighted by Gasteiger charge is -2.22. The second-order valence-electron chi connectivity index (χ2n) is 2.95. The van der Waals surface area contributed by atoms with Crippen molar-refractivity contribution < 1.29 is 33.8 Å². The Labute approximate surface area is 97.1 Å². The standard InChI is InChI=1S/C9H13NO7/c1-16-8(14)6(3-4-7(12)13)10(5-11)9(15)17-2/h5-6H,3-4H2,1-2H3,(H,12,13)/t6-/m0/s1. The van der Waals surface area contributed by atoms with Crippen LogP contribution in [-0.4, -0.2) is 54.7 Å². The van der Waals surface area contributed by atoms with E-state index in [4.69, 9.17) is 5.11 Å². The molecule has 17 heavy (non-hydrogen) atoms. The topological polar surface area (TPSA) is 110 Å². The number of hydrogen-bond acceptors (Lipinski definition) is 6. The molecule has 0 aromatic heterocycles. The summed E-state index contributed by atoms with van der Waals surface area (Å²) < 4.78 is 8.67. The van der Waals surface area contributed by atoms with Gasteiger partial charge in [-0.05, 0) is 6.42 Å². The number of methoxy groups -OCH3 is 2. The van der Waals surface area contributed by atoms with Crippen LogP contribution in [-0.2, 0) is 23.9 Å². The molecule has 1 N–H and O–H groups in total. The molecular weight excluding hydrogens is 234 g/mol. The minimum Gasteiger partial charge on any atom is -0.481 e. The third-order valence-corrected chi connectivity index (χ3v) is 1.94. The monoisotopic (exact) mass is 247 g/mol. The van der Waals surface area contributed by atoms with E-state index < -0.39 is 24.1 Å². The zero-order chi connectivity index (χ0) is 13.4. The van der Waals surface area contributed by atoms with Gasteiger partial charge in [-0.15, -0.1) is 0 Å². The van der Waals surface area contributed by atoms with Crippen LogP contribution in [0.5, 0.6) is 0 Å². The van der Waals surface area contributed by atoms with Crippen LogP contribution in [0.25, 0.3) is 0 Å². The number of carbonyl (C=O) groups is 4. The Kier molecular flexibility index (Phi) is 6.30. The fraction of sp³-hybridized carbons (Fsp3) is 0.556. The van der Waals surface area contributed by atoms with Crippen LogP contribution in [0.15, 0.2) is 0 Å². The van der Waals surface area contributed by atoms with E-state index in [9.17, 15) is 19.2 Å². The van der Waals surface area contributed by atoms with E-state index in [1.807, 2.05) is 0 Å². The van der Waals surface area contributed by atoms with Crippen LogP contribution in [0, 0.1) is 0 Å². The van der Waals surface area contributed by atoms with E-state index >= 15 is 0 Å². The molecule has 0 heterocycles. The maximum Gasteiger partial charge on any atom is 0.416 e. The van der Waals surface area contributed by atoms with Crippen molar-refractivity contribution in [3.8, 4) is 0 Å². The van der Waals surface area contributed by atoms with Crippen LogP contribution in [0.2, 0.25) is 0 Å². The molecule has 96 valence electrons. The number of carbonyl (C=O) groups excluding carboxylic acids is 3. The highest BCUT2D eigenvalue weighted by atomic mass is 16.5. The number of rotatable bonds is 6. The van der Waals surface area contributed by atoms with Gasteiger partial charge in [0, 0.05) is 6.42 Å². The van der Waals surface area contributed by atoms with Crippen molar-refractivity contribution in [2.24, 2.45) is 0 Å². The first-order valence-corrected chi connectivity index (χ1v) is 4.59. The van der Waals surface area contributed by atoms with Crippen molar-refractivity contribution in [1.29, 1.82) is 0 Å². The quantitative estimate of drug-likeness (QED) is 0.503. The maximum absolute atomic E-state index is 11.3. The van der Waals surface area contributed by atoms with Gasteiger partial charge in [0.2, 0.25) is 6.41 Å². The molecule has 2 amide bonds. The van der Waals surface area contributed by atoms with Crippen molar-refractivity contribution >= 4 is 24.4 Å². The lowest BCUT2D eigenvalue weighted by atomic mass is 10.1. The number of nitrogens with zero attached hydrogens (tertiary/aromatic N) is 1. The maximum atomic E-state index is 11.3. The lowest BCUT2D eigenvalue weighted by molar-refractivity contribution is -0.149. The number of carboxylic acids is 1. The minimum atomic E-state index is -1.30. The molecule has 0 aromatic rings. The first-order chi connectivity index (χ1) is 7.97. The van der Waals surface area contributed by atoms with Crippen molar-refractivity contribution in [3.63, 3.8) is 0 Å². The van der Waals surface area contributed by atoms with Gasteiger partial charge in [-0.25, -0.2) is 14.5 Å². The van der Waals surface area contributed by atoms with Crippen LogP contribution < -0.4 is 0 Å². The first kappa shape index (κ1) is 14.9. The second-order valence-corrected chi connectivity index (χ2v) is 2.95. The highest BCUT2D eigenvalue weighted by Crippen LogP contribution is 2.09. The predicted octanol–water partition coefficient (Wildman–Crippen LogP) is -0.382. The Morgan fingerprint density at radius 2 is 1.88 bits per heavy atom. The third kappa shape index (κ3) is 4.49. The Morgan fingerprint density at radius 3 is 2.24 bits per heavy atom. The SMILES string of the molecule is COC(=O)[C@H](CCC(=O)O)N(C=O)C(=O)OC. The Bertz CT molecular complexity index is 314. The van der Waals surface area contributed by atoms with Gasteiger partial charge in [0.1, 0.15) is 6.04 Å². The fourth-order valence-electron chi connectivity index (χ4n) is 1.12. The Morgan fingerprint density at radius 1 is 1.29 bits per heavy atom. The molecule has 0 unspecified atom stereocenters. The zero-order valence-electron chi connectivity index (χ0n) is 9.41. The fourth-order valence-corrected chi connectivity index (χ4v) is 1.12. The number of aliphatic carboxylic acids is 1. The number of amides is 2. The molecule has 0 radical (unpaired) electrons. The molecule has 8 heteroatoms. The number of hydrogen-bond donors (Lipinski definition) is 1. The summed E-state index contributed by atoms with van der Waals surface area (Å²) in [7, 11) is 2.10. The molecule has 0 fully saturated rings. The molecule has 0 saturated heterocycles. The summed E-state index contributed by atoms with van der Waals surface area (Å²) in [4.78, 5) is 44.0. The summed E-state index contributed by atoms with van der Waals surface area (Å²) in [5.41, 5.74) is 0. The van der Waals surface area contributed by atoms with Crippen LogP contribution in [0.1, 0.15) is 12.8 Å². The van der Waals surface area contributed by atoms with E-state index in [0.717, 1.165) is 14.2 Å². The van der Waals surface area contributed by atoms with Gasteiger partial charge in [0.25, 0.3) is 0 Å². The van der Waals surface area contributed by atoms with Crippen molar-refractivity contribution in [2.75, 3.05) is 14.2 Å². The Balaban J connectivity index is 4.86. The van der Waals surface area contributed by atoms with Gasteiger partial charge < -0.3 is 14.6 Å². The zero-order valence-corrected chi connectivity index (χ0v) is 9.41. The van der Waals surface area contributed by atoms with E-state index in [2.05, 4.69) is 9.47 Å². The molecule has 0 bridgehead atoms. The van der Waals surface area contributed by atoms with Crippen LogP contribution in [0.4, 0.5) is 4.79 Å². The molecule has 8 nitrogen and oxygen atoms in total. The molecule has 0 rings (SSSR count). The highest BCUT2D eigenvalue weighted by molar-refractivity contribution is 5.89. The molecule has 0 aliphatic heterocycles. The lowest BCUT2D eigenvalue weighted by Crippen LogP contribution is -2.45. The molecule has 0 aliphatic carbocycles. The first-order valence-electron chi connectivity index (χ1n) is 4.59. The third-order valence-electron chi connectivity index (χ3n) is 1.94. The van der Waals surface area contributed by atoms with E-state index in [1.54, 1.807) is 0 Å². The average molecular weight is 247 g/mol. The number of carboxylic acid groups (broad SMARTS) is 1. The number of ether oxygens (including phenoxy) is 2. The normalized spacial score (nSPS) is 11.2. The summed E-state index contributed by atoms with van der Waals surface area (Å²) in [6, 6.07) is -1.30. The highest BCUT2D eigenvalue weighted by Gasteiger charge is 2.31. The molecule has 0 saturated carbocycles. The van der Waals surface area contributed by atoms with Crippen molar-refractivity contribution in [1.82, 2.24) is 4.90 Å². The average Bonchev–Trinajstić information content (AvgIpc) is 2.32. The van der Waals surface area contributed by atoms with Gasteiger partial charge >= 0.3 is 18.0 Å². The second kappa shape index (κ2) is 7.20. The van der Waals surface area contributed by atoms with Crippen molar-refractivity contribution in [3.05, 3.63) is 0 Å². The molecule has 0 spiro atoms. The van der Waals surface area contributed by atoms with Gasteiger partial charge in [-0.1, -0.05) is 0 Å². The minimum absolute atomic E-state index is 0.0925. The summed E-state index contributed by atoms with van der Waals surface area (Å²) in [6.07, 6.45) is -1.59. The Hall–Kier alpha value is -2.12. The van der Waals surface area contributed by atoms with Gasteiger partial charge in [0.05, 0.1) is 14.2 Å². The summed E-state index contributed by atoms with van der Waals surface area (Å²) >= 11 is 0. The summed E-state index contributed by atoms with van der Waals surface area (Å²) in [5.74, 6) is -2.04. The summed E-state index contributed by atoms with van der Waals surface area (Å²) in [5, 5.41) is 8.49. The molecule has 0 aliphatic rings. The van der Waals surface area contributed by atoms with E-state index in [0.29, 0.717) is 4.90 Å². The summed E-state index contributed by atoms with van der Waals surface area (Å²) in [6.45, 7) is 0. The molecule has 1 atom stereocenters. The van der Waals surface area contributed by atoms with Crippen molar-refractivity contribution in [2.45, 2.75) is 18.9 Å².